The summed E-state index contributed by atoms with van der Waals surface area (Å²) in [6.45, 7) is 0. The summed E-state index contributed by atoms with van der Waals surface area (Å²) in [6.07, 6.45) is -2.96. The molecule has 0 saturated heterocycles. The maximum Gasteiger partial charge on any atom is 0.464 e. The SMILES string of the molecule is COC(=O)[C@](NC(=O)c1ccco1)(Nc1ccc(Cl)c[nH+]1)C(F)(F)F. The van der Waals surface area contributed by atoms with Crippen LogP contribution in [-0.4, -0.2) is 30.8 Å². The van der Waals surface area contributed by atoms with E-state index in [1.54, 1.807) is 5.32 Å². The van der Waals surface area contributed by atoms with Crippen molar-refractivity contribution in [2.45, 2.75) is 11.8 Å². The van der Waals surface area contributed by atoms with Crippen molar-refractivity contribution in [2.75, 3.05) is 12.4 Å². The van der Waals surface area contributed by atoms with E-state index in [1.807, 2.05) is 5.32 Å². The number of alkyl halides is 3. The zero-order valence-corrected chi connectivity index (χ0v) is 13.4. The zero-order chi connectivity index (χ0) is 18.7. The number of carbonyl (C=O) groups excluding carboxylic acids is 2. The van der Waals surface area contributed by atoms with Gasteiger partial charge in [-0.25, -0.2) is 15.1 Å². The summed E-state index contributed by atoms with van der Waals surface area (Å²) in [5.41, 5.74) is -3.56. The number of rotatable bonds is 5. The van der Waals surface area contributed by atoms with Crippen LogP contribution in [0.5, 0.6) is 0 Å². The molecule has 2 aromatic heterocycles. The van der Waals surface area contributed by atoms with Crippen LogP contribution in [-0.2, 0) is 9.53 Å². The molecule has 134 valence electrons. The fourth-order valence-corrected chi connectivity index (χ4v) is 1.99. The Kier molecular flexibility index (Phi) is 5.21. The number of hydrogen-bond donors (Lipinski definition) is 2. The Labute approximate surface area is 144 Å². The number of nitrogens with one attached hydrogen (secondary N) is 3. The number of anilines is 1. The van der Waals surface area contributed by atoms with Gasteiger partial charge in [0.2, 0.25) is 0 Å². The number of furan rings is 1. The number of amides is 1. The van der Waals surface area contributed by atoms with Gasteiger partial charge in [-0.15, -0.1) is 0 Å². The Hall–Kier alpha value is -2.75. The number of H-pyrrole nitrogens is 1. The van der Waals surface area contributed by atoms with Gasteiger partial charge >= 0.3 is 17.8 Å². The molecule has 1 atom stereocenters. The van der Waals surface area contributed by atoms with E-state index in [0.29, 0.717) is 0 Å². The Balaban J connectivity index is 2.46. The number of halogens is 4. The highest BCUT2D eigenvalue weighted by atomic mass is 35.5. The number of hydrogen-bond acceptors (Lipinski definition) is 5. The molecule has 11 heteroatoms. The normalized spacial score (nSPS) is 13.6. The van der Waals surface area contributed by atoms with Crippen molar-refractivity contribution in [1.82, 2.24) is 5.32 Å². The largest absolute Gasteiger partial charge is 0.464 e. The Morgan fingerprint density at radius 3 is 2.48 bits per heavy atom. The van der Waals surface area contributed by atoms with E-state index in [0.717, 1.165) is 25.5 Å². The minimum absolute atomic E-state index is 0.223. The lowest BCUT2D eigenvalue weighted by molar-refractivity contribution is -0.362. The highest BCUT2D eigenvalue weighted by molar-refractivity contribution is 6.30. The lowest BCUT2D eigenvalue weighted by Crippen LogP contribution is -2.69. The van der Waals surface area contributed by atoms with Crippen LogP contribution in [0.25, 0.3) is 0 Å². The maximum absolute atomic E-state index is 13.7. The molecule has 25 heavy (non-hydrogen) atoms. The topological polar surface area (TPSA) is 94.7 Å². The van der Waals surface area contributed by atoms with Crippen molar-refractivity contribution < 1.29 is 36.9 Å². The molecule has 0 aliphatic rings. The van der Waals surface area contributed by atoms with Crippen LogP contribution >= 0.6 is 11.6 Å². The van der Waals surface area contributed by atoms with Crippen LogP contribution in [0.4, 0.5) is 19.0 Å². The van der Waals surface area contributed by atoms with Gasteiger partial charge in [0.25, 0.3) is 11.7 Å². The predicted molar refractivity (Wildman–Crippen MR) is 78.6 cm³/mol. The van der Waals surface area contributed by atoms with E-state index in [2.05, 4.69) is 9.72 Å². The average molecular weight is 379 g/mol. The molecule has 0 spiro atoms. The quantitative estimate of drug-likeness (QED) is 0.613. The van der Waals surface area contributed by atoms with Gasteiger partial charge in [0, 0.05) is 6.07 Å². The highest BCUT2D eigenvalue weighted by Gasteiger charge is 2.68. The number of pyridine rings is 1. The van der Waals surface area contributed by atoms with Crippen LogP contribution in [0.15, 0.2) is 41.1 Å². The highest BCUT2D eigenvalue weighted by Crippen LogP contribution is 2.32. The molecule has 3 N–H and O–H groups in total. The lowest BCUT2D eigenvalue weighted by Gasteiger charge is -2.30. The van der Waals surface area contributed by atoms with Crippen molar-refractivity contribution in [3.8, 4) is 0 Å². The van der Waals surface area contributed by atoms with Gasteiger partial charge in [-0.1, -0.05) is 11.6 Å². The predicted octanol–water partition coefficient (Wildman–Crippen LogP) is 2.02. The first-order chi connectivity index (χ1) is 11.7. The number of methoxy groups -OCH3 is 1. The minimum atomic E-state index is -5.25. The van der Waals surface area contributed by atoms with E-state index in [-0.39, 0.29) is 10.8 Å². The van der Waals surface area contributed by atoms with Gasteiger partial charge in [0.1, 0.15) is 6.20 Å². The molecule has 0 aliphatic carbocycles. The van der Waals surface area contributed by atoms with Gasteiger partial charge in [-0.2, -0.15) is 13.2 Å². The van der Waals surface area contributed by atoms with E-state index < -0.39 is 29.5 Å². The standard InChI is InChI=1S/C14H11ClF3N3O4/c1-24-12(23)13(14(16,17)18,20-10-5-4-8(15)7-19-10)21-11(22)9-3-2-6-25-9/h2-7H,1H3,(H,19,20)(H,21,22)/p+1/t13-/m1/s1. The van der Waals surface area contributed by atoms with Gasteiger partial charge < -0.3 is 9.15 Å². The molecule has 0 fully saturated rings. The van der Waals surface area contributed by atoms with Crippen LogP contribution < -0.4 is 15.6 Å². The molecule has 0 aromatic carbocycles. The van der Waals surface area contributed by atoms with Crippen molar-refractivity contribution in [2.24, 2.45) is 0 Å². The summed E-state index contributed by atoms with van der Waals surface area (Å²) in [6, 6.07) is 4.89. The fourth-order valence-electron chi connectivity index (χ4n) is 1.87. The molecule has 2 rings (SSSR count). The molecular formula is C14H12ClF3N3O4+. The second kappa shape index (κ2) is 7.01. The first-order valence-electron chi connectivity index (χ1n) is 6.66. The van der Waals surface area contributed by atoms with Crippen molar-refractivity contribution >= 4 is 29.3 Å². The van der Waals surface area contributed by atoms with E-state index >= 15 is 0 Å². The summed E-state index contributed by atoms with van der Waals surface area (Å²) in [7, 11) is 0.759. The molecule has 0 saturated carbocycles. The van der Waals surface area contributed by atoms with Gasteiger partial charge in [-0.3, -0.25) is 10.1 Å². The number of esters is 1. The molecule has 2 aromatic rings. The third-order valence-corrected chi connectivity index (χ3v) is 3.29. The maximum atomic E-state index is 13.7. The Bertz CT molecular complexity index is 750. The molecule has 1 amide bonds. The fraction of sp³-hybridized carbons (Fsp3) is 0.214. The van der Waals surface area contributed by atoms with Gasteiger partial charge in [-0.05, 0) is 18.2 Å². The summed E-state index contributed by atoms with van der Waals surface area (Å²) in [4.78, 5) is 26.4. The molecule has 0 aliphatic heterocycles. The summed E-state index contributed by atoms with van der Waals surface area (Å²) in [5.74, 6) is -3.70. The second-order valence-electron chi connectivity index (χ2n) is 4.72. The number of aromatic amines is 1. The number of ether oxygens (including phenoxy) is 1. The molecule has 0 unspecified atom stereocenters. The van der Waals surface area contributed by atoms with Crippen LogP contribution in [0.1, 0.15) is 10.6 Å². The van der Waals surface area contributed by atoms with Crippen molar-refractivity contribution in [1.29, 1.82) is 0 Å². The first-order valence-corrected chi connectivity index (χ1v) is 7.04. The summed E-state index contributed by atoms with van der Waals surface area (Å²) < 4.78 is 50.2. The van der Waals surface area contributed by atoms with E-state index in [9.17, 15) is 22.8 Å². The average Bonchev–Trinajstić information content (AvgIpc) is 3.09. The number of aromatic nitrogens is 1. The van der Waals surface area contributed by atoms with Gasteiger partial charge in [0.15, 0.2) is 5.76 Å². The molecule has 7 nitrogen and oxygen atoms in total. The Morgan fingerprint density at radius 1 is 1.28 bits per heavy atom. The minimum Gasteiger partial charge on any atom is -0.464 e. The third-order valence-electron chi connectivity index (χ3n) is 3.06. The monoisotopic (exact) mass is 378 g/mol. The molecular weight excluding hydrogens is 367 g/mol. The molecule has 2 heterocycles. The first kappa shape index (κ1) is 18.6. The number of carbonyl (C=O) groups is 2. The third kappa shape index (κ3) is 3.85. The van der Waals surface area contributed by atoms with Crippen molar-refractivity contribution in [3.63, 3.8) is 0 Å². The summed E-state index contributed by atoms with van der Waals surface area (Å²) >= 11 is 5.66. The second-order valence-corrected chi connectivity index (χ2v) is 5.15. The van der Waals surface area contributed by atoms with Crippen LogP contribution in [0.3, 0.4) is 0 Å². The lowest BCUT2D eigenvalue weighted by atomic mass is 10.1. The molecule has 0 radical (unpaired) electrons. The summed E-state index contributed by atoms with van der Waals surface area (Å²) in [5, 5.41) is 3.73. The molecule has 0 bridgehead atoms. The van der Waals surface area contributed by atoms with E-state index in [1.165, 1.54) is 18.3 Å². The smallest absolute Gasteiger partial charge is 0.464 e. The Morgan fingerprint density at radius 2 is 2.00 bits per heavy atom. The zero-order valence-electron chi connectivity index (χ0n) is 12.6. The van der Waals surface area contributed by atoms with E-state index in [4.69, 9.17) is 16.0 Å². The van der Waals surface area contributed by atoms with Crippen molar-refractivity contribution in [3.05, 3.63) is 47.5 Å². The van der Waals surface area contributed by atoms with Crippen LogP contribution in [0.2, 0.25) is 5.02 Å². The van der Waals surface area contributed by atoms with Crippen LogP contribution in [0, 0.1) is 0 Å². The van der Waals surface area contributed by atoms with Gasteiger partial charge in [0.05, 0.1) is 18.4 Å².